The monoisotopic (exact) mass is 289 g/mol. The lowest BCUT2D eigenvalue weighted by Crippen LogP contribution is -2.51. The van der Waals surface area contributed by atoms with Crippen molar-refractivity contribution in [3.8, 4) is 0 Å². The number of hydrogen-bond acceptors (Lipinski definition) is 4. The van der Waals surface area contributed by atoms with Crippen LogP contribution in [0.15, 0.2) is 0 Å². The molecule has 0 spiro atoms. The molecule has 8 heteroatoms. The number of nitrogens with zero attached hydrogens (tertiary/aromatic N) is 2. The van der Waals surface area contributed by atoms with Gasteiger partial charge in [0.15, 0.2) is 0 Å². The fourth-order valence-electron chi connectivity index (χ4n) is 1.76. The van der Waals surface area contributed by atoms with Crippen LogP contribution in [0.5, 0.6) is 0 Å². The number of hydrogen-bond donors (Lipinski definition) is 2. The molecule has 1 atom stereocenters. The minimum Gasteiger partial charge on any atom is -0.480 e. The van der Waals surface area contributed by atoms with Gasteiger partial charge in [0.05, 0.1) is 5.88 Å². The quantitative estimate of drug-likeness (QED) is 0.745. The summed E-state index contributed by atoms with van der Waals surface area (Å²) < 4.78 is 0. The molecule has 0 aliphatic carbocycles. The third kappa shape index (κ3) is 4.02. The smallest absolute Gasteiger partial charge is 0.327 e. The maximum atomic E-state index is 12.2. The number of amides is 3. The number of carbonyl (C=O) groups is 3. The molecule has 0 aromatic rings. The van der Waals surface area contributed by atoms with E-state index in [1.807, 2.05) is 0 Å². The Labute approximate surface area is 116 Å². The van der Waals surface area contributed by atoms with Crippen LogP contribution in [0.25, 0.3) is 0 Å². The summed E-state index contributed by atoms with van der Waals surface area (Å²) in [5, 5.41) is 11.7. The van der Waals surface area contributed by atoms with Crippen molar-refractivity contribution in [3.05, 3.63) is 0 Å². The molecule has 0 bridgehead atoms. The lowest BCUT2D eigenvalue weighted by molar-refractivity contribution is -0.140. The number of aliphatic carboxylic acids is 1. The molecule has 1 fully saturated rings. The number of likely N-dealkylation sites (N-methyl/N-ethyl adjacent to an activating group) is 2. The zero-order valence-corrected chi connectivity index (χ0v) is 11.9. The topological polar surface area (TPSA) is 90.0 Å². The second-order valence-corrected chi connectivity index (χ2v) is 5.07. The van der Waals surface area contributed by atoms with Crippen LogP contribution in [0.4, 0.5) is 4.79 Å². The molecule has 1 saturated heterocycles. The van der Waals surface area contributed by atoms with Crippen molar-refractivity contribution in [2.75, 3.05) is 31.3 Å². The van der Waals surface area contributed by atoms with Crippen molar-refractivity contribution >= 4 is 29.7 Å². The van der Waals surface area contributed by atoms with Gasteiger partial charge in [0.1, 0.15) is 12.6 Å². The second-order valence-electron chi connectivity index (χ2n) is 4.07. The van der Waals surface area contributed by atoms with Crippen LogP contribution in [0, 0.1) is 0 Å². The number of carboxylic acid groups (broad SMARTS) is 1. The van der Waals surface area contributed by atoms with Gasteiger partial charge >= 0.3 is 12.0 Å². The molecule has 108 valence electrons. The van der Waals surface area contributed by atoms with Gasteiger partial charge in [-0.05, 0) is 13.8 Å². The average molecular weight is 289 g/mol. The van der Waals surface area contributed by atoms with E-state index in [0.717, 1.165) is 0 Å². The van der Waals surface area contributed by atoms with Gasteiger partial charge < -0.3 is 20.2 Å². The summed E-state index contributed by atoms with van der Waals surface area (Å²) in [6.07, 6.45) is 0. The van der Waals surface area contributed by atoms with Crippen LogP contribution in [0.2, 0.25) is 0 Å². The van der Waals surface area contributed by atoms with Crippen LogP contribution in [-0.2, 0) is 9.59 Å². The number of carbonyl (C=O) groups excluding carboxylic acids is 2. The maximum absolute atomic E-state index is 12.2. The predicted molar refractivity (Wildman–Crippen MR) is 71.9 cm³/mol. The van der Waals surface area contributed by atoms with Crippen molar-refractivity contribution in [2.45, 2.75) is 19.9 Å². The summed E-state index contributed by atoms with van der Waals surface area (Å²) in [4.78, 5) is 37.4. The molecule has 1 heterocycles. The highest BCUT2D eigenvalue weighted by Crippen LogP contribution is 2.22. The van der Waals surface area contributed by atoms with Crippen LogP contribution >= 0.6 is 11.8 Å². The average Bonchev–Trinajstić information content (AvgIpc) is 2.84. The minimum atomic E-state index is -1.01. The summed E-state index contributed by atoms with van der Waals surface area (Å²) >= 11 is 1.40. The molecule has 3 amide bonds. The first kappa shape index (κ1) is 15.6. The molecule has 0 aromatic heterocycles. The van der Waals surface area contributed by atoms with E-state index in [0.29, 0.717) is 24.7 Å². The molecule has 0 aromatic carbocycles. The normalized spacial score (nSPS) is 18.2. The van der Waals surface area contributed by atoms with Crippen molar-refractivity contribution in [3.63, 3.8) is 0 Å². The van der Waals surface area contributed by atoms with E-state index < -0.39 is 18.0 Å². The molecule has 1 aliphatic rings. The second kappa shape index (κ2) is 7.22. The van der Waals surface area contributed by atoms with Crippen molar-refractivity contribution in [1.82, 2.24) is 15.1 Å². The van der Waals surface area contributed by atoms with Gasteiger partial charge in [-0.1, -0.05) is 0 Å². The molecule has 0 unspecified atom stereocenters. The molecular formula is C11H19N3O4S. The van der Waals surface area contributed by atoms with Crippen LogP contribution < -0.4 is 5.32 Å². The summed E-state index contributed by atoms with van der Waals surface area (Å²) in [5.74, 6) is -0.509. The van der Waals surface area contributed by atoms with E-state index in [2.05, 4.69) is 5.32 Å². The number of thioether (sulfide) groups is 1. The highest BCUT2D eigenvalue weighted by Gasteiger charge is 2.36. The fraction of sp³-hybridized carbons (Fsp3) is 0.727. The number of urea groups is 1. The first-order chi connectivity index (χ1) is 9.01. The molecule has 0 saturated carbocycles. The van der Waals surface area contributed by atoms with Crippen LogP contribution in [0.3, 0.4) is 0 Å². The van der Waals surface area contributed by atoms with Gasteiger partial charge in [0, 0.05) is 18.8 Å². The Kier molecular flexibility index (Phi) is 5.94. The Morgan fingerprint density at radius 2 is 2.11 bits per heavy atom. The lowest BCUT2D eigenvalue weighted by atomic mass is 10.3. The largest absolute Gasteiger partial charge is 0.480 e. The van der Waals surface area contributed by atoms with Crippen LogP contribution in [0.1, 0.15) is 13.8 Å². The van der Waals surface area contributed by atoms with E-state index in [4.69, 9.17) is 5.11 Å². The fourth-order valence-corrected chi connectivity index (χ4v) is 2.90. The minimum absolute atomic E-state index is 0.0450. The summed E-state index contributed by atoms with van der Waals surface area (Å²) in [7, 11) is 0. The van der Waals surface area contributed by atoms with Crippen molar-refractivity contribution < 1.29 is 19.5 Å². The molecular weight excluding hydrogens is 270 g/mol. The van der Waals surface area contributed by atoms with E-state index in [1.54, 1.807) is 13.8 Å². The van der Waals surface area contributed by atoms with Gasteiger partial charge in [-0.25, -0.2) is 9.59 Å². The molecule has 2 N–H and O–H groups in total. The molecule has 7 nitrogen and oxygen atoms in total. The van der Waals surface area contributed by atoms with E-state index >= 15 is 0 Å². The van der Waals surface area contributed by atoms with Crippen LogP contribution in [-0.4, -0.2) is 70.1 Å². The van der Waals surface area contributed by atoms with Crippen molar-refractivity contribution in [2.24, 2.45) is 0 Å². The van der Waals surface area contributed by atoms with E-state index in [-0.39, 0.29) is 12.5 Å². The van der Waals surface area contributed by atoms with Gasteiger partial charge in [-0.3, -0.25) is 4.79 Å². The first-order valence-electron chi connectivity index (χ1n) is 6.14. The first-order valence-corrected chi connectivity index (χ1v) is 7.29. The highest BCUT2D eigenvalue weighted by atomic mass is 32.2. The summed E-state index contributed by atoms with van der Waals surface area (Å²) in [6, 6.07) is -1.20. The zero-order chi connectivity index (χ0) is 14.4. The number of nitrogens with one attached hydrogen (secondary N) is 1. The molecule has 1 rings (SSSR count). The van der Waals surface area contributed by atoms with E-state index in [9.17, 15) is 14.4 Å². The Morgan fingerprint density at radius 3 is 2.63 bits per heavy atom. The highest BCUT2D eigenvalue weighted by molar-refractivity contribution is 7.99. The Hall–Kier alpha value is -1.44. The van der Waals surface area contributed by atoms with E-state index in [1.165, 1.54) is 21.6 Å². The standard InChI is InChI=1S/C11H19N3O4S/c1-3-12-9(15)5-13(4-2)11(18)14-7-19-6-8(14)10(16)17/h8H,3-7H2,1-2H3,(H,12,15)(H,16,17)/t8-/m0/s1. The third-order valence-corrected chi connectivity index (χ3v) is 3.79. The number of carboxylic acids is 1. The zero-order valence-electron chi connectivity index (χ0n) is 11.1. The van der Waals surface area contributed by atoms with Gasteiger partial charge in [-0.15, -0.1) is 11.8 Å². The summed E-state index contributed by atoms with van der Waals surface area (Å²) in [5.41, 5.74) is 0. The van der Waals surface area contributed by atoms with Gasteiger partial charge in [0.2, 0.25) is 5.91 Å². The Morgan fingerprint density at radius 1 is 1.42 bits per heavy atom. The van der Waals surface area contributed by atoms with Gasteiger partial charge in [0.25, 0.3) is 0 Å². The molecule has 0 radical (unpaired) electrons. The molecule has 19 heavy (non-hydrogen) atoms. The lowest BCUT2D eigenvalue weighted by Gasteiger charge is -2.28. The number of rotatable bonds is 5. The SMILES string of the molecule is CCNC(=O)CN(CC)C(=O)N1CSC[C@H]1C(=O)O. The summed E-state index contributed by atoms with van der Waals surface area (Å²) in [6.45, 7) is 4.38. The maximum Gasteiger partial charge on any atom is 0.327 e. The third-order valence-electron chi connectivity index (χ3n) is 2.77. The van der Waals surface area contributed by atoms with Crippen molar-refractivity contribution in [1.29, 1.82) is 0 Å². The van der Waals surface area contributed by atoms with Gasteiger partial charge in [-0.2, -0.15) is 0 Å². The Bertz CT molecular complexity index is 364. The Balaban J connectivity index is 2.67. The predicted octanol–water partition coefficient (Wildman–Crippen LogP) is 0.0239. The molecule has 1 aliphatic heterocycles.